The zero-order chi connectivity index (χ0) is 11.7. The molecule has 0 bridgehead atoms. The Morgan fingerprint density at radius 2 is 2.25 bits per heavy atom. The molecule has 92 valence electrons. The lowest BCUT2D eigenvalue weighted by atomic mass is 9.95. The average Bonchev–Trinajstić information content (AvgIpc) is 2.78. The number of carbonyl (C=O) groups is 1. The molecule has 4 nitrogen and oxygen atoms in total. The molecule has 3 unspecified atom stereocenters. The highest BCUT2D eigenvalue weighted by atomic mass is 16.5. The minimum atomic E-state index is 0.128. The van der Waals surface area contributed by atoms with E-state index in [1.807, 2.05) is 18.7 Å². The van der Waals surface area contributed by atoms with Gasteiger partial charge < -0.3 is 15.0 Å². The molecular weight excluding hydrogens is 204 g/mol. The van der Waals surface area contributed by atoms with Crippen molar-refractivity contribution < 1.29 is 9.53 Å². The second-order valence-corrected chi connectivity index (χ2v) is 5.23. The molecule has 0 aliphatic carbocycles. The van der Waals surface area contributed by atoms with E-state index in [4.69, 9.17) is 4.74 Å². The smallest absolute Gasteiger partial charge is 0.248 e. The summed E-state index contributed by atoms with van der Waals surface area (Å²) in [4.78, 5) is 14.0. The Kier molecular flexibility index (Phi) is 3.50. The summed E-state index contributed by atoms with van der Waals surface area (Å²) in [6.45, 7) is 9.32. The van der Waals surface area contributed by atoms with Gasteiger partial charge in [-0.05, 0) is 32.6 Å². The number of amides is 1. The van der Waals surface area contributed by atoms with Gasteiger partial charge in [0.2, 0.25) is 5.91 Å². The van der Waals surface area contributed by atoms with Gasteiger partial charge in [0, 0.05) is 25.7 Å². The second-order valence-electron chi connectivity index (χ2n) is 5.23. The number of hydrogen-bond acceptors (Lipinski definition) is 3. The van der Waals surface area contributed by atoms with Crippen LogP contribution >= 0.6 is 0 Å². The minimum absolute atomic E-state index is 0.128. The van der Waals surface area contributed by atoms with Gasteiger partial charge >= 0.3 is 0 Å². The summed E-state index contributed by atoms with van der Waals surface area (Å²) >= 11 is 0. The third-order valence-corrected chi connectivity index (χ3v) is 3.80. The van der Waals surface area contributed by atoms with Gasteiger partial charge in [0.25, 0.3) is 0 Å². The summed E-state index contributed by atoms with van der Waals surface area (Å²) in [7, 11) is 0. The molecule has 0 saturated carbocycles. The molecule has 3 atom stereocenters. The van der Waals surface area contributed by atoms with Gasteiger partial charge in [0.15, 0.2) is 0 Å². The van der Waals surface area contributed by atoms with E-state index < -0.39 is 0 Å². The summed E-state index contributed by atoms with van der Waals surface area (Å²) in [5.41, 5.74) is 0. The predicted octanol–water partition coefficient (Wildman–Crippen LogP) is 0.478. The van der Waals surface area contributed by atoms with Crippen LogP contribution in [0.1, 0.15) is 20.8 Å². The van der Waals surface area contributed by atoms with Crippen LogP contribution in [0.2, 0.25) is 0 Å². The summed E-state index contributed by atoms with van der Waals surface area (Å²) in [5.74, 6) is 1.44. The van der Waals surface area contributed by atoms with Crippen molar-refractivity contribution in [3.63, 3.8) is 0 Å². The van der Waals surface area contributed by atoms with Gasteiger partial charge in [-0.3, -0.25) is 4.79 Å². The summed E-state index contributed by atoms with van der Waals surface area (Å²) < 4.78 is 5.38. The van der Waals surface area contributed by atoms with Crippen molar-refractivity contribution in [3.8, 4) is 0 Å². The first-order valence-corrected chi connectivity index (χ1v) is 6.21. The predicted molar refractivity (Wildman–Crippen MR) is 62.1 cm³/mol. The molecule has 4 heteroatoms. The Labute approximate surface area is 97.3 Å². The van der Waals surface area contributed by atoms with Crippen LogP contribution in [0.5, 0.6) is 0 Å². The second kappa shape index (κ2) is 4.72. The lowest BCUT2D eigenvalue weighted by molar-refractivity contribution is -0.138. The normalized spacial score (nSPS) is 33.5. The summed E-state index contributed by atoms with van der Waals surface area (Å²) in [6.07, 6.45) is 0.128. The molecule has 0 spiro atoms. The number of nitrogens with one attached hydrogen (secondary N) is 1. The van der Waals surface area contributed by atoms with E-state index in [9.17, 15) is 4.79 Å². The SMILES string of the molecule is CC(C)OCC(=O)N1CC2CNCC2C1C. The Hall–Kier alpha value is -0.610. The number of ether oxygens (including phenoxy) is 1. The Bertz CT molecular complexity index is 268. The van der Waals surface area contributed by atoms with Gasteiger partial charge in [-0.2, -0.15) is 0 Å². The fourth-order valence-electron chi connectivity index (χ4n) is 2.82. The molecule has 2 saturated heterocycles. The minimum Gasteiger partial charge on any atom is -0.369 e. The standard InChI is InChI=1S/C12H22N2O2/c1-8(2)16-7-12(15)14-6-10-4-13-5-11(10)9(14)3/h8-11,13H,4-7H2,1-3H3. The first-order valence-electron chi connectivity index (χ1n) is 6.21. The molecule has 0 aromatic heterocycles. The number of nitrogens with zero attached hydrogens (tertiary/aromatic N) is 1. The highest BCUT2D eigenvalue weighted by Crippen LogP contribution is 2.32. The van der Waals surface area contributed by atoms with Crippen LogP contribution in [-0.2, 0) is 9.53 Å². The van der Waals surface area contributed by atoms with Crippen molar-refractivity contribution in [3.05, 3.63) is 0 Å². The fourth-order valence-corrected chi connectivity index (χ4v) is 2.82. The Morgan fingerprint density at radius 1 is 1.50 bits per heavy atom. The van der Waals surface area contributed by atoms with Gasteiger partial charge in [-0.25, -0.2) is 0 Å². The maximum Gasteiger partial charge on any atom is 0.248 e. The number of rotatable bonds is 3. The van der Waals surface area contributed by atoms with E-state index in [1.54, 1.807) is 0 Å². The molecular formula is C12H22N2O2. The van der Waals surface area contributed by atoms with E-state index in [0.29, 0.717) is 17.9 Å². The number of hydrogen-bond donors (Lipinski definition) is 1. The molecule has 1 N–H and O–H groups in total. The molecule has 1 amide bonds. The zero-order valence-electron chi connectivity index (χ0n) is 10.4. The molecule has 2 fully saturated rings. The largest absolute Gasteiger partial charge is 0.369 e. The maximum absolute atomic E-state index is 12.0. The van der Waals surface area contributed by atoms with E-state index in [-0.39, 0.29) is 18.6 Å². The fraction of sp³-hybridized carbons (Fsp3) is 0.917. The number of likely N-dealkylation sites (tertiary alicyclic amines) is 1. The first-order chi connectivity index (χ1) is 7.59. The van der Waals surface area contributed by atoms with Gasteiger partial charge in [0.1, 0.15) is 6.61 Å². The Morgan fingerprint density at radius 3 is 2.88 bits per heavy atom. The lowest BCUT2D eigenvalue weighted by Crippen LogP contribution is -2.40. The highest BCUT2D eigenvalue weighted by Gasteiger charge is 2.43. The van der Waals surface area contributed by atoms with Crippen molar-refractivity contribution >= 4 is 5.91 Å². The molecule has 0 aromatic carbocycles. The van der Waals surface area contributed by atoms with Crippen molar-refractivity contribution in [1.29, 1.82) is 0 Å². The zero-order valence-corrected chi connectivity index (χ0v) is 10.4. The highest BCUT2D eigenvalue weighted by molar-refractivity contribution is 5.78. The Balaban J connectivity index is 1.88. The van der Waals surface area contributed by atoms with Crippen molar-refractivity contribution in [2.75, 3.05) is 26.2 Å². The molecule has 16 heavy (non-hydrogen) atoms. The lowest BCUT2D eigenvalue weighted by Gasteiger charge is -2.24. The average molecular weight is 226 g/mol. The van der Waals surface area contributed by atoms with Crippen molar-refractivity contribution in [2.45, 2.75) is 32.9 Å². The van der Waals surface area contributed by atoms with Crippen LogP contribution in [0, 0.1) is 11.8 Å². The third-order valence-electron chi connectivity index (χ3n) is 3.80. The topological polar surface area (TPSA) is 41.6 Å². The maximum atomic E-state index is 12.0. The molecule has 0 aromatic rings. The number of carbonyl (C=O) groups excluding carboxylic acids is 1. The van der Waals surface area contributed by atoms with Gasteiger partial charge in [-0.1, -0.05) is 0 Å². The molecule has 2 rings (SSSR count). The van der Waals surface area contributed by atoms with E-state index in [1.165, 1.54) is 0 Å². The van der Waals surface area contributed by atoms with Gasteiger partial charge in [-0.15, -0.1) is 0 Å². The molecule has 0 radical (unpaired) electrons. The number of fused-ring (bicyclic) bond motifs is 1. The van der Waals surface area contributed by atoms with Crippen molar-refractivity contribution in [2.24, 2.45) is 11.8 Å². The van der Waals surface area contributed by atoms with Crippen LogP contribution < -0.4 is 5.32 Å². The summed E-state index contributed by atoms with van der Waals surface area (Å²) in [6, 6.07) is 0.364. The third kappa shape index (κ3) is 2.23. The van der Waals surface area contributed by atoms with E-state index in [0.717, 1.165) is 19.6 Å². The van der Waals surface area contributed by atoms with Crippen molar-refractivity contribution in [1.82, 2.24) is 10.2 Å². The molecule has 2 heterocycles. The van der Waals surface area contributed by atoms with Crippen LogP contribution in [0.4, 0.5) is 0 Å². The van der Waals surface area contributed by atoms with Crippen LogP contribution in [0.3, 0.4) is 0 Å². The molecule has 2 aliphatic rings. The van der Waals surface area contributed by atoms with E-state index >= 15 is 0 Å². The van der Waals surface area contributed by atoms with Crippen LogP contribution in [0.25, 0.3) is 0 Å². The summed E-state index contributed by atoms with van der Waals surface area (Å²) in [5, 5.41) is 3.40. The van der Waals surface area contributed by atoms with Crippen LogP contribution in [-0.4, -0.2) is 49.2 Å². The van der Waals surface area contributed by atoms with Crippen LogP contribution in [0.15, 0.2) is 0 Å². The quantitative estimate of drug-likeness (QED) is 0.761. The first kappa shape index (κ1) is 11.9. The molecule has 2 aliphatic heterocycles. The monoisotopic (exact) mass is 226 g/mol. The van der Waals surface area contributed by atoms with Gasteiger partial charge in [0.05, 0.1) is 6.10 Å². The van der Waals surface area contributed by atoms with E-state index in [2.05, 4.69) is 12.2 Å².